The number of aryl methyl sites for hydroxylation is 1. The minimum Gasteiger partial charge on any atom is -0.446 e. The molecular formula is C25H33NO3Si. The van der Waals surface area contributed by atoms with Crippen LogP contribution >= 0.6 is 0 Å². The Labute approximate surface area is 181 Å². The predicted octanol–water partition coefficient (Wildman–Crippen LogP) is 6.53. The van der Waals surface area contributed by atoms with E-state index in [4.69, 9.17) is 8.84 Å². The topological polar surface area (TPSA) is 55.5 Å². The van der Waals surface area contributed by atoms with Crippen LogP contribution in [0.3, 0.4) is 0 Å². The summed E-state index contributed by atoms with van der Waals surface area (Å²) in [7, 11) is -1.55. The Balaban J connectivity index is 1.56. The summed E-state index contributed by atoms with van der Waals surface area (Å²) in [6.07, 6.45) is 3.75. The van der Waals surface area contributed by atoms with Gasteiger partial charge in [-0.1, -0.05) is 69.3 Å². The second-order valence-corrected chi connectivity index (χ2v) is 12.6. The van der Waals surface area contributed by atoms with E-state index in [9.17, 15) is 5.11 Å². The van der Waals surface area contributed by atoms with E-state index in [1.54, 1.807) is 6.20 Å². The van der Waals surface area contributed by atoms with E-state index in [0.29, 0.717) is 18.9 Å². The largest absolute Gasteiger partial charge is 0.446 e. The molecule has 3 rings (SSSR count). The zero-order valence-electron chi connectivity index (χ0n) is 18.3. The van der Waals surface area contributed by atoms with E-state index in [-0.39, 0.29) is 0 Å². The molecule has 0 aliphatic carbocycles. The molecule has 1 aromatic heterocycles. The van der Waals surface area contributed by atoms with Crippen LogP contribution in [0.4, 0.5) is 0 Å². The number of aliphatic hydroxyl groups excluding tert-OH is 1. The van der Waals surface area contributed by atoms with Crippen LogP contribution in [-0.4, -0.2) is 18.4 Å². The van der Waals surface area contributed by atoms with Crippen LogP contribution in [0.2, 0.25) is 18.1 Å². The van der Waals surface area contributed by atoms with Crippen molar-refractivity contribution in [3.63, 3.8) is 0 Å². The lowest BCUT2D eigenvalue weighted by Crippen LogP contribution is -2.35. The van der Waals surface area contributed by atoms with Crippen molar-refractivity contribution in [3.05, 3.63) is 78.0 Å². The zero-order valence-corrected chi connectivity index (χ0v) is 19.3. The Bertz CT molecular complexity index is 864. The third-order valence-electron chi connectivity index (χ3n) is 6.16. The van der Waals surface area contributed by atoms with Crippen molar-refractivity contribution >= 4 is 8.32 Å². The van der Waals surface area contributed by atoms with Gasteiger partial charge in [-0.25, -0.2) is 4.98 Å². The van der Waals surface area contributed by atoms with Gasteiger partial charge in [0.05, 0.1) is 12.8 Å². The Kier molecular flexibility index (Phi) is 8.02. The van der Waals surface area contributed by atoms with Crippen LogP contribution in [0.25, 0.3) is 11.1 Å². The van der Waals surface area contributed by atoms with E-state index in [1.807, 2.05) is 0 Å². The Morgan fingerprint density at radius 1 is 0.900 bits per heavy atom. The van der Waals surface area contributed by atoms with Crippen LogP contribution < -0.4 is 0 Å². The number of oxazole rings is 1. The molecule has 1 N–H and O–H groups in total. The highest BCUT2D eigenvalue weighted by Crippen LogP contribution is 2.25. The SMILES string of the molecule is CC[Si](CC)(CC)OCc1ccc(-c2ccc(CCC(O)c3ncco3)cc2)cc1. The molecule has 4 nitrogen and oxygen atoms in total. The van der Waals surface area contributed by atoms with E-state index >= 15 is 0 Å². The molecule has 30 heavy (non-hydrogen) atoms. The number of hydrogen-bond donors (Lipinski definition) is 1. The van der Waals surface area contributed by atoms with E-state index < -0.39 is 14.4 Å². The quantitative estimate of drug-likeness (QED) is 0.356. The number of benzene rings is 2. The molecule has 5 heteroatoms. The number of rotatable bonds is 11. The first-order valence-corrected chi connectivity index (χ1v) is 13.5. The fourth-order valence-electron chi connectivity index (χ4n) is 3.78. The second kappa shape index (κ2) is 10.7. The molecule has 0 saturated heterocycles. The Morgan fingerprint density at radius 3 is 1.97 bits per heavy atom. The van der Waals surface area contributed by atoms with Crippen LogP contribution in [-0.2, 0) is 17.5 Å². The monoisotopic (exact) mass is 423 g/mol. The van der Waals surface area contributed by atoms with E-state index in [2.05, 4.69) is 74.3 Å². The zero-order chi connectivity index (χ0) is 21.4. The van der Waals surface area contributed by atoms with Crippen molar-refractivity contribution < 1.29 is 13.9 Å². The molecule has 0 spiro atoms. The normalized spacial score (nSPS) is 12.8. The highest BCUT2D eigenvalue weighted by atomic mass is 28.4. The molecule has 0 aliphatic rings. The van der Waals surface area contributed by atoms with Gasteiger partial charge in [-0.2, -0.15) is 0 Å². The maximum Gasteiger partial charge on any atom is 0.222 e. The predicted molar refractivity (Wildman–Crippen MR) is 124 cm³/mol. The molecule has 1 atom stereocenters. The average molecular weight is 424 g/mol. The van der Waals surface area contributed by atoms with Gasteiger partial charge in [-0.05, 0) is 53.2 Å². The molecule has 0 amide bonds. The molecule has 0 aliphatic heterocycles. The van der Waals surface area contributed by atoms with E-state index in [0.717, 1.165) is 6.42 Å². The van der Waals surface area contributed by atoms with Gasteiger partial charge in [0.1, 0.15) is 12.4 Å². The summed E-state index contributed by atoms with van der Waals surface area (Å²) < 4.78 is 11.6. The van der Waals surface area contributed by atoms with Crippen molar-refractivity contribution in [2.45, 2.75) is 64.5 Å². The summed E-state index contributed by atoms with van der Waals surface area (Å²) in [4.78, 5) is 4.01. The summed E-state index contributed by atoms with van der Waals surface area (Å²) in [5.74, 6) is 0.382. The first-order valence-electron chi connectivity index (χ1n) is 11.0. The Hall–Kier alpha value is -2.21. The molecular weight excluding hydrogens is 390 g/mol. The van der Waals surface area contributed by atoms with Crippen LogP contribution in [0.1, 0.15) is 50.3 Å². The summed E-state index contributed by atoms with van der Waals surface area (Å²) in [5, 5.41) is 10.1. The fourth-order valence-corrected chi connectivity index (χ4v) is 6.36. The van der Waals surface area contributed by atoms with Crippen LogP contribution in [0.5, 0.6) is 0 Å². The molecule has 1 unspecified atom stereocenters. The lowest BCUT2D eigenvalue weighted by atomic mass is 10.0. The molecule has 0 saturated carbocycles. The average Bonchev–Trinajstić information content (AvgIpc) is 3.35. The number of nitrogens with zero attached hydrogens (tertiary/aromatic N) is 1. The van der Waals surface area contributed by atoms with Gasteiger partial charge in [0.15, 0.2) is 8.32 Å². The first-order chi connectivity index (χ1) is 14.6. The second-order valence-electron chi connectivity index (χ2n) is 7.85. The van der Waals surface area contributed by atoms with Gasteiger partial charge in [0, 0.05) is 0 Å². The standard InChI is InChI=1S/C25H33NO3Si/c1-4-30(5-2,6-3)29-19-21-9-14-23(15-10-21)22-12-7-20(8-13-22)11-16-24(27)25-26-17-18-28-25/h7-10,12-15,17-18,24,27H,4-6,11,16,19H2,1-3H3. The van der Waals surface area contributed by atoms with Crippen molar-refractivity contribution in [3.8, 4) is 11.1 Å². The molecule has 0 radical (unpaired) electrons. The molecule has 3 aromatic rings. The summed E-state index contributed by atoms with van der Waals surface area (Å²) in [6, 6.07) is 20.8. The van der Waals surface area contributed by atoms with Crippen LogP contribution in [0.15, 0.2) is 65.4 Å². The minimum atomic E-state index is -1.55. The van der Waals surface area contributed by atoms with Crippen molar-refractivity contribution in [1.29, 1.82) is 0 Å². The third-order valence-corrected chi connectivity index (χ3v) is 10.8. The summed E-state index contributed by atoms with van der Waals surface area (Å²) >= 11 is 0. The van der Waals surface area contributed by atoms with Crippen LogP contribution in [0, 0.1) is 0 Å². The van der Waals surface area contributed by atoms with Gasteiger partial charge in [0.25, 0.3) is 0 Å². The van der Waals surface area contributed by atoms with E-state index in [1.165, 1.54) is 46.6 Å². The first kappa shape index (κ1) is 22.5. The smallest absolute Gasteiger partial charge is 0.222 e. The number of hydrogen-bond acceptors (Lipinski definition) is 4. The van der Waals surface area contributed by atoms with Crippen molar-refractivity contribution in [2.75, 3.05) is 0 Å². The minimum absolute atomic E-state index is 0.382. The summed E-state index contributed by atoms with van der Waals surface area (Å²) in [5.41, 5.74) is 4.83. The van der Waals surface area contributed by atoms with Gasteiger partial charge in [-0.3, -0.25) is 0 Å². The van der Waals surface area contributed by atoms with Crippen molar-refractivity contribution in [2.24, 2.45) is 0 Å². The lowest BCUT2D eigenvalue weighted by molar-refractivity contribution is 0.134. The van der Waals surface area contributed by atoms with Gasteiger partial charge < -0.3 is 13.9 Å². The highest BCUT2D eigenvalue weighted by molar-refractivity contribution is 6.73. The van der Waals surface area contributed by atoms with Crippen molar-refractivity contribution in [1.82, 2.24) is 4.98 Å². The van der Waals surface area contributed by atoms with Gasteiger partial charge in [0.2, 0.25) is 5.89 Å². The maximum absolute atomic E-state index is 10.1. The maximum atomic E-state index is 10.1. The molecule has 2 aromatic carbocycles. The molecule has 160 valence electrons. The highest BCUT2D eigenvalue weighted by Gasteiger charge is 2.28. The van der Waals surface area contributed by atoms with Gasteiger partial charge >= 0.3 is 0 Å². The lowest BCUT2D eigenvalue weighted by Gasteiger charge is -2.28. The summed E-state index contributed by atoms with van der Waals surface area (Å²) in [6.45, 7) is 7.51. The fraction of sp³-hybridized carbons (Fsp3) is 0.400. The molecule has 1 heterocycles. The molecule has 0 bridgehead atoms. The molecule has 0 fully saturated rings. The van der Waals surface area contributed by atoms with Gasteiger partial charge in [-0.15, -0.1) is 0 Å². The number of aromatic nitrogens is 1. The Morgan fingerprint density at radius 2 is 1.47 bits per heavy atom. The number of aliphatic hydroxyl groups is 1. The third kappa shape index (κ3) is 5.69.